The number of ether oxygens (including phenoxy) is 1. The van der Waals surface area contributed by atoms with Gasteiger partial charge in [0, 0.05) is 13.1 Å². The fourth-order valence-corrected chi connectivity index (χ4v) is 3.52. The first-order chi connectivity index (χ1) is 15.0. The Labute approximate surface area is 188 Å². The lowest BCUT2D eigenvalue weighted by atomic mass is 10.0. The summed E-state index contributed by atoms with van der Waals surface area (Å²) in [5.74, 6) is -0.397. The fraction of sp³-hybridized carbons (Fsp3) is 0.500. The van der Waals surface area contributed by atoms with Crippen LogP contribution in [0.2, 0.25) is 0 Å². The van der Waals surface area contributed by atoms with E-state index in [9.17, 15) is 14.0 Å². The van der Waals surface area contributed by atoms with E-state index in [1.807, 2.05) is 40.7 Å². The van der Waals surface area contributed by atoms with Gasteiger partial charge in [-0.25, -0.2) is 9.45 Å². The molecule has 1 aromatic heterocycles. The minimum atomic E-state index is -0.447. The molecule has 0 radical (unpaired) electrons. The topological polar surface area (TPSA) is 72.8 Å². The Kier molecular flexibility index (Phi) is 7.05. The molecule has 2 aromatic rings. The smallest absolute Gasteiger partial charge is 0.281 e. The standard InChI is InChI=1S/C24H32FN3O4/c1-15(2)16-7-8-19(18(25)13-16)26-22-21-17(14-20(29)27(22)6)9-10-28(23(21)30)32-12-11-31-24(3,4)5/h7-8,13-15,26H,9-12H2,1-6H3. The van der Waals surface area contributed by atoms with E-state index in [2.05, 4.69) is 5.32 Å². The van der Waals surface area contributed by atoms with Crippen LogP contribution in [-0.4, -0.2) is 40.9 Å². The van der Waals surface area contributed by atoms with Gasteiger partial charge in [0.05, 0.1) is 36.6 Å². The van der Waals surface area contributed by atoms with Crippen molar-refractivity contribution in [3.8, 4) is 0 Å². The fourth-order valence-electron chi connectivity index (χ4n) is 3.52. The number of hydrogen-bond donors (Lipinski definition) is 1. The number of fused-ring (bicyclic) bond motifs is 1. The van der Waals surface area contributed by atoms with Crippen molar-refractivity contribution in [3.63, 3.8) is 0 Å². The Morgan fingerprint density at radius 2 is 1.88 bits per heavy atom. The van der Waals surface area contributed by atoms with E-state index in [-0.39, 0.29) is 41.1 Å². The van der Waals surface area contributed by atoms with E-state index < -0.39 is 5.82 Å². The van der Waals surface area contributed by atoms with Crippen molar-refractivity contribution in [3.05, 3.63) is 57.1 Å². The molecule has 0 fully saturated rings. The van der Waals surface area contributed by atoms with E-state index >= 15 is 0 Å². The van der Waals surface area contributed by atoms with Gasteiger partial charge < -0.3 is 10.1 Å². The summed E-state index contributed by atoms with van der Waals surface area (Å²) in [6.07, 6.45) is 0.459. The van der Waals surface area contributed by atoms with Crippen molar-refractivity contribution in [2.75, 3.05) is 25.1 Å². The zero-order chi connectivity index (χ0) is 23.6. The number of hydrogen-bond acceptors (Lipinski definition) is 5. The minimum Gasteiger partial charge on any atom is -0.373 e. The van der Waals surface area contributed by atoms with Crippen LogP contribution in [0.15, 0.2) is 29.1 Å². The molecular formula is C24H32FN3O4. The summed E-state index contributed by atoms with van der Waals surface area (Å²) in [5, 5.41) is 4.25. The van der Waals surface area contributed by atoms with Gasteiger partial charge >= 0.3 is 0 Å². The minimum absolute atomic E-state index is 0.182. The number of nitrogens with one attached hydrogen (secondary N) is 1. The predicted octanol–water partition coefficient (Wildman–Crippen LogP) is 4.14. The molecule has 1 N–H and O–H groups in total. The highest BCUT2D eigenvalue weighted by Crippen LogP contribution is 2.29. The third-order valence-corrected chi connectivity index (χ3v) is 5.32. The molecule has 8 heteroatoms. The van der Waals surface area contributed by atoms with Crippen LogP contribution in [0.25, 0.3) is 0 Å². The Bertz CT molecular complexity index is 1060. The molecule has 0 atom stereocenters. The highest BCUT2D eigenvalue weighted by molar-refractivity contribution is 6.01. The van der Waals surface area contributed by atoms with Gasteiger partial charge in [-0.15, -0.1) is 0 Å². The Morgan fingerprint density at radius 3 is 2.50 bits per heavy atom. The van der Waals surface area contributed by atoms with E-state index in [1.165, 1.54) is 21.8 Å². The van der Waals surface area contributed by atoms with E-state index in [4.69, 9.17) is 9.57 Å². The maximum Gasteiger partial charge on any atom is 0.281 e. The summed E-state index contributed by atoms with van der Waals surface area (Å²) in [5.41, 5.74) is 1.42. The predicted molar refractivity (Wildman–Crippen MR) is 122 cm³/mol. The van der Waals surface area contributed by atoms with Gasteiger partial charge in [0.25, 0.3) is 11.5 Å². The molecule has 1 amide bonds. The number of carbonyl (C=O) groups excluding carboxylic acids is 1. The van der Waals surface area contributed by atoms with Crippen LogP contribution in [0.3, 0.4) is 0 Å². The molecule has 0 spiro atoms. The van der Waals surface area contributed by atoms with Crippen LogP contribution in [0.5, 0.6) is 0 Å². The third kappa shape index (κ3) is 5.37. The maximum absolute atomic E-state index is 14.8. The van der Waals surface area contributed by atoms with Gasteiger partial charge in [-0.1, -0.05) is 19.9 Å². The second-order valence-corrected chi connectivity index (χ2v) is 9.26. The van der Waals surface area contributed by atoms with Gasteiger partial charge in [0.15, 0.2) is 0 Å². The van der Waals surface area contributed by atoms with Gasteiger partial charge in [0.2, 0.25) is 0 Å². The van der Waals surface area contributed by atoms with Crippen LogP contribution in [0.1, 0.15) is 62.0 Å². The second-order valence-electron chi connectivity index (χ2n) is 9.26. The van der Waals surface area contributed by atoms with E-state index in [0.29, 0.717) is 30.7 Å². The van der Waals surface area contributed by atoms with Crippen molar-refractivity contribution in [1.29, 1.82) is 0 Å². The summed E-state index contributed by atoms with van der Waals surface area (Å²) in [6, 6.07) is 6.37. The molecule has 0 unspecified atom stereocenters. The summed E-state index contributed by atoms with van der Waals surface area (Å²) in [7, 11) is 1.55. The summed E-state index contributed by atoms with van der Waals surface area (Å²) in [6.45, 7) is 10.7. The van der Waals surface area contributed by atoms with Crippen molar-refractivity contribution in [2.24, 2.45) is 7.05 Å². The number of pyridine rings is 1. The number of amides is 1. The molecule has 174 valence electrons. The first-order valence-corrected chi connectivity index (χ1v) is 10.9. The first kappa shape index (κ1) is 23.9. The second kappa shape index (κ2) is 9.42. The van der Waals surface area contributed by atoms with Crippen molar-refractivity contribution in [2.45, 2.75) is 52.6 Å². The quantitative estimate of drug-likeness (QED) is 0.649. The molecule has 32 heavy (non-hydrogen) atoms. The number of anilines is 2. The largest absolute Gasteiger partial charge is 0.373 e. The molecule has 3 rings (SSSR count). The lowest BCUT2D eigenvalue weighted by molar-refractivity contribution is -0.148. The van der Waals surface area contributed by atoms with Gasteiger partial charge in [-0.3, -0.25) is 19.0 Å². The molecule has 0 saturated carbocycles. The number of benzene rings is 1. The Hall–Kier alpha value is -2.71. The molecule has 0 saturated heterocycles. The SMILES string of the molecule is CC(C)c1ccc(Nc2c3c(cc(=O)n2C)CCN(OCCOC(C)(C)C)C3=O)c(F)c1. The van der Waals surface area contributed by atoms with Crippen LogP contribution >= 0.6 is 0 Å². The average Bonchev–Trinajstić information content (AvgIpc) is 2.70. The van der Waals surface area contributed by atoms with Crippen LogP contribution in [-0.2, 0) is 23.0 Å². The summed E-state index contributed by atoms with van der Waals surface area (Å²) >= 11 is 0. The lowest BCUT2D eigenvalue weighted by Crippen LogP contribution is -2.41. The summed E-state index contributed by atoms with van der Waals surface area (Å²) in [4.78, 5) is 31.4. The highest BCUT2D eigenvalue weighted by atomic mass is 19.1. The molecule has 1 aromatic carbocycles. The number of hydroxylamine groups is 2. The average molecular weight is 446 g/mol. The van der Waals surface area contributed by atoms with E-state index in [0.717, 1.165) is 5.56 Å². The number of carbonyl (C=O) groups is 1. The first-order valence-electron chi connectivity index (χ1n) is 10.9. The van der Waals surface area contributed by atoms with Crippen LogP contribution < -0.4 is 10.9 Å². The number of nitrogens with zero attached hydrogens (tertiary/aromatic N) is 2. The summed E-state index contributed by atoms with van der Waals surface area (Å²) < 4.78 is 21.7. The van der Waals surface area contributed by atoms with Crippen molar-refractivity contribution in [1.82, 2.24) is 9.63 Å². The van der Waals surface area contributed by atoms with Gasteiger partial charge in [-0.05, 0) is 56.4 Å². The Morgan fingerprint density at radius 1 is 1.16 bits per heavy atom. The van der Waals surface area contributed by atoms with Gasteiger partial charge in [0.1, 0.15) is 11.6 Å². The molecule has 0 aliphatic carbocycles. The lowest BCUT2D eigenvalue weighted by Gasteiger charge is -2.30. The number of halogens is 1. The van der Waals surface area contributed by atoms with E-state index in [1.54, 1.807) is 13.1 Å². The van der Waals surface area contributed by atoms with Crippen LogP contribution in [0, 0.1) is 5.82 Å². The molecule has 0 bridgehead atoms. The van der Waals surface area contributed by atoms with Crippen LogP contribution in [0.4, 0.5) is 15.9 Å². The van der Waals surface area contributed by atoms with Crippen molar-refractivity contribution < 1.29 is 18.8 Å². The molecule has 7 nitrogen and oxygen atoms in total. The highest BCUT2D eigenvalue weighted by Gasteiger charge is 2.30. The molecule has 1 aliphatic heterocycles. The maximum atomic E-state index is 14.8. The molecular weight excluding hydrogens is 413 g/mol. The molecule has 1 aliphatic rings. The third-order valence-electron chi connectivity index (χ3n) is 5.32. The zero-order valence-corrected chi connectivity index (χ0v) is 19.6. The number of aromatic nitrogens is 1. The monoisotopic (exact) mass is 445 g/mol. The normalized spacial score (nSPS) is 14.1. The van der Waals surface area contributed by atoms with Gasteiger partial charge in [-0.2, -0.15) is 0 Å². The zero-order valence-electron chi connectivity index (χ0n) is 19.6. The number of rotatable bonds is 7. The Balaban J connectivity index is 1.87. The van der Waals surface area contributed by atoms with Crippen molar-refractivity contribution >= 4 is 17.4 Å². The molecule has 2 heterocycles.